The maximum Gasteiger partial charge on any atom is 0.264 e. The van der Waals surface area contributed by atoms with E-state index in [0.29, 0.717) is 24.6 Å². The molecule has 3 rings (SSSR count). The van der Waals surface area contributed by atoms with Crippen molar-refractivity contribution in [3.63, 3.8) is 0 Å². The summed E-state index contributed by atoms with van der Waals surface area (Å²) in [6.07, 6.45) is 0. The van der Waals surface area contributed by atoms with Crippen molar-refractivity contribution in [3.05, 3.63) is 70.6 Å². The number of ether oxygens (including phenoxy) is 1. The number of anilines is 1. The molecule has 1 heterocycles. The highest BCUT2D eigenvalue weighted by Gasteiger charge is 2.27. The molecule has 0 spiro atoms. The lowest BCUT2D eigenvalue weighted by molar-refractivity contribution is 0.301. The van der Waals surface area contributed by atoms with E-state index in [4.69, 9.17) is 9.26 Å². The Bertz CT molecular complexity index is 1130. The van der Waals surface area contributed by atoms with Crippen LogP contribution in [0.2, 0.25) is 0 Å². The molecule has 0 bridgehead atoms. The molecule has 7 heteroatoms. The zero-order chi connectivity index (χ0) is 22.8. The molecule has 1 aromatic heterocycles. The summed E-state index contributed by atoms with van der Waals surface area (Å²) in [5.74, 6) is 1.47. The second-order valence-corrected chi connectivity index (χ2v) is 10.1. The van der Waals surface area contributed by atoms with Crippen LogP contribution in [0.15, 0.2) is 51.9 Å². The normalized spacial score (nSPS) is 11.7. The molecule has 31 heavy (non-hydrogen) atoms. The zero-order valence-electron chi connectivity index (χ0n) is 19.0. The molecule has 3 aromatic rings. The maximum atomic E-state index is 13.5. The Hall–Kier alpha value is -2.80. The first-order valence-corrected chi connectivity index (χ1v) is 11.8. The van der Waals surface area contributed by atoms with Crippen molar-refractivity contribution in [2.45, 2.75) is 53.0 Å². The first-order valence-electron chi connectivity index (χ1n) is 10.3. The Morgan fingerprint density at radius 3 is 2.29 bits per heavy atom. The highest BCUT2D eigenvalue weighted by molar-refractivity contribution is 7.92. The molecule has 0 aliphatic carbocycles. The average molecular weight is 443 g/mol. The first-order chi connectivity index (χ1) is 14.6. The number of nitrogens with zero attached hydrogens (tertiary/aromatic N) is 2. The molecule has 2 aromatic carbocycles. The van der Waals surface area contributed by atoms with Crippen LogP contribution in [0, 0.1) is 33.6 Å². The van der Waals surface area contributed by atoms with Gasteiger partial charge in [0.2, 0.25) is 0 Å². The third kappa shape index (κ3) is 5.10. The lowest BCUT2D eigenvalue weighted by Gasteiger charge is -2.28. The summed E-state index contributed by atoms with van der Waals surface area (Å²) < 4.78 is 39.6. The molecular weight excluding hydrogens is 412 g/mol. The minimum absolute atomic E-state index is 0.173. The van der Waals surface area contributed by atoms with E-state index in [2.05, 4.69) is 5.16 Å². The fraction of sp³-hybridized carbons (Fsp3) is 0.375. The van der Waals surface area contributed by atoms with E-state index in [-0.39, 0.29) is 10.8 Å². The van der Waals surface area contributed by atoms with Crippen molar-refractivity contribution < 1.29 is 17.7 Å². The third-order valence-corrected chi connectivity index (χ3v) is 6.93. The zero-order valence-corrected chi connectivity index (χ0v) is 19.8. The second kappa shape index (κ2) is 9.14. The molecule has 0 N–H and O–H groups in total. The van der Waals surface area contributed by atoms with Crippen molar-refractivity contribution in [1.82, 2.24) is 5.16 Å². The smallest absolute Gasteiger partial charge is 0.264 e. The SMILES string of the molecule is Cc1ccc(C)c(N(CC(C)C)S(=O)(=O)c2ccc(OCc3c(C)noc3C)cc2)c1. The molecule has 0 amide bonds. The van der Waals surface area contributed by atoms with Gasteiger partial charge in [-0.15, -0.1) is 0 Å². The van der Waals surface area contributed by atoms with Crippen LogP contribution in [0.25, 0.3) is 0 Å². The fourth-order valence-corrected chi connectivity index (χ4v) is 5.03. The van der Waals surface area contributed by atoms with Crippen LogP contribution in [0.1, 0.15) is 42.0 Å². The Balaban J connectivity index is 1.87. The molecule has 166 valence electrons. The Morgan fingerprint density at radius 2 is 1.71 bits per heavy atom. The van der Waals surface area contributed by atoms with Gasteiger partial charge in [-0.25, -0.2) is 8.42 Å². The number of hydrogen-bond donors (Lipinski definition) is 0. The highest BCUT2D eigenvalue weighted by Crippen LogP contribution is 2.30. The van der Waals surface area contributed by atoms with E-state index in [1.807, 2.05) is 59.7 Å². The molecular formula is C24H30N2O4S. The topological polar surface area (TPSA) is 72.6 Å². The summed E-state index contributed by atoms with van der Waals surface area (Å²) in [6.45, 7) is 12.3. The molecule has 0 radical (unpaired) electrons. The molecule has 0 atom stereocenters. The molecule has 0 fully saturated rings. The van der Waals surface area contributed by atoms with E-state index < -0.39 is 10.0 Å². The van der Waals surface area contributed by atoms with Gasteiger partial charge in [-0.1, -0.05) is 31.1 Å². The van der Waals surface area contributed by atoms with Gasteiger partial charge < -0.3 is 9.26 Å². The van der Waals surface area contributed by atoms with Gasteiger partial charge >= 0.3 is 0 Å². The van der Waals surface area contributed by atoms with Crippen LogP contribution in [0.4, 0.5) is 5.69 Å². The van der Waals surface area contributed by atoms with Gasteiger partial charge in [-0.05, 0) is 75.1 Å². The summed E-state index contributed by atoms with van der Waals surface area (Å²) in [7, 11) is -3.72. The average Bonchev–Trinajstić information content (AvgIpc) is 3.04. The molecule has 0 aliphatic rings. The lowest BCUT2D eigenvalue weighted by Crippen LogP contribution is -2.34. The minimum Gasteiger partial charge on any atom is -0.489 e. The Kier molecular flexibility index (Phi) is 6.74. The summed E-state index contributed by atoms with van der Waals surface area (Å²) in [6, 6.07) is 12.4. The summed E-state index contributed by atoms with van der Waals surface area (Å²) in [4.78, 5) is 0.235. The summed E-state index contributed by atoms with van der Waals surface area (Å²) in [5.41, 5.74) is 4.35. The van der Waals surface area contributed by atoms with Crippen LogP contribution in [-0.4, -0.2) is 20.1 Å². The standard InChI is InChI=1S/C24H30N2O4S/c1-16(2)14-26(24-13-17(3)7-8-18(24)4)31(27,28)22-11-9-21(10-12-22)29-15-23-19(5)25-30-20(23)6/h7-13,16H,14-15H2,1-6H3. The van der Waals surface area contributed by atoms with Gasteiger partial charge in [0.05, 0.1) is 21.8 Å². The quantitative estimate of drug-likeness (QED) is 0.471. The molecule has 0 saturated heterocycles. The van der Waals surface area contributed by atoms with Crippen molar-refractivity contribution in [1.29, 1.82) is 0 Å². The van der Waals surface area contributed by atoms with Crippen molar-refractivity contribution in [2.75, 3.05) is 10.8 Å². The van der Waals surface area contributed by atoms with Crippen LogP contribution < -0.4 is 9.04 Å². The minimum atomic E-state index is -3.72. The number of aromatic nitrogens is 1. The van der Waals surface area contributed by atoms with Gasteiger partial charge in [0, 0.05) is 6.54 Å². The molecule has 0 saturated carbocycles. The van der Waals surface area contributed by atoms with Gasteiger partial charge in [0.25, 0.3) is 10.0 Å². The number of aryl methyl sites for hydroxylation is 4. The van der Waals surface area contributed by atoms with E-state index in [9.17, 15) is 8.42 Å². The maximum absolute atomic E-state index is 13.5. The predicted octanol–water partition coefficient (Wildman–Crippen LogP) is 5.34. The van der Waals surface area contributed by atoms with Crippen LogP contribution >= 0.6 is 0 Å². The number of hydrogen-bond acceptors (Lipinski definition) is 5. The largest absolute Gasteiger partial charge is 0.489 e. The summed E-state index contributed by atoms with van der Waals surface area (Å²) >= 11 is 0. The Morgan fingerprint density at radius 1 is 1.03 bits per heavy atom. The number of sulfonamides is 1. The van der Waals surface area contributed by atoms with Gasteiger partial charge in [-0.3, -0.25) is 4.31 Å². The number of benzene rings is 2. The second-order valence-electron chi connectivity index (χ2n) is 8.28. The van der Waals surface area contributed by atoms with Gasteiger partial charge in [0.1, 0.15) is 18.1 Å². The lowest BCUT2D eigenvalue weighted by atomic mass is 10.1. The summed E-state index contributed by atoms with van der Waals surface area (Å²) in [5, 5.41) is 3.92. The number of rotatable bonds is 8. The fourth-order valence-electron chi connectivity index (χ4n) is 3.34. The monoisotopic (exact) mass is 442 g/mol. The van der Waals surface area contributed by atoms with E-state index in [1.54, 1.807) is 24.3 Å². The van der Waals surface area contributed by atoms with Crippen molar-refractivity contribution >= 4 is 15.7 Å². The van der Waals surface area contributed by atoms with Gasteiger partial charge in [-0.2, -0.15) is 0 Å². The first kappa shape index (κ1) is 22.9. The molecule has 0 aliphatic heterocycles. The molecule has 0 unspecified atom stereocenters. The van der Waals surface area contributed by atoms with E-state index in [0.717, 1.165) is 28.1 Å². The van der Waals surface area contributed by atoms with E-state index in [1.165, 1.54) is 4.31 Å². The Labute approximate surface area is 184 Å². The van der Waals surface area contributed by atoms with Crippen LogP contribution in [0.3, 0.4) is 0 Å². The highest BCUT2D eigenvalue weighted by atomic mass is 32.2. The third-order valence-electron chi connectivity index (χ3n) is 5.14. The van der Waals surface area contributed by atoms with Crippen molar-refractivity contribution in [2.24, 2.45) is 5.92 Å². The van der Waals surface area contributed by atoms with Crippen LogP contribution in [-0.2, 0) is 16.6 Å². The van der Waals surface area contributed by atoms with E-state index >= 15 is 0 Å². The van der Waals surface area contributed by atoms with Crippen molar-refractivity contribution in [3.8, 4) is 5.75 Å². The predicted molar refractivity (Wildman–Crippen MR) is 122 cm³/mol. The van der Waals surface area contributed by atoms with Gasteiger partial charge in [0.15, 0.2) is 0 Å². The molecule has 6 nitrogen and oxygen atoms in total. The van der Waals surface area contributed by atoms with Crippen LogP contribution in [0.5, 0.6) is 5.75 Å².